The molecule has 1 aromatic carbocycles. The number of hydrogen-bond donors (Lipinski definition) is 3. The number of anilines is 1. The number of carboxylic acid groups (broad SMARTS) is 1. The topological polar surface area (TPSA) is 116 Å². The highest BCUT2D eigenvalue weighted by molar-refractivity contribution is 7.93. The summed E-state index contributed by atoms with van der Waals surface area (Å²) in [5.74, 6) is -0.907. The fourth-order valence-corrected chi connectivity index (χ4v) is 5.21. The van der Waals surface area contributed by atoms with Crippen molar-refractivity contribution in [3.05, 3.63) is 29.8 Å². The van der Waals surface area contributed by atoms with Crippen molar-refractivity contribution in [3.63, 3.8) is 0 Å². The Morgan fingerprint density at radius 3 is 2.56 bits per heavy atom. The van der Waals surface area contributed by atoms with Gasteiger partial charge in [-0.25, -0.2) is 13.2 Å². The molecular weight excluding hydrogens is 370 g/mol. The van der Waals surface area contributed by atoms with Gasteiger partial charge in [0, 0.05) is 19.1 Å². The molecule has 27 heavy (non-hydrogen) atoms. The number of sulfonamides is 1. The zero-order valence-electron chi connectivity index (χ0n) is 15.1. The molecule has 2 amide bonds. The Morgan fingerprint density at radius 2 is 1.93 bits per heavy atom. The smallest absolute Gasteiger partial charge is 0.315 e. The van der Waals surface area contributed by atoms with Crippen LogP contribution in [0.2, 0.25) is 0 Å². The average molecular weight is 395 g/mol. The maximum absolute atomic E-state index is 12.1. The van der Waals surface area contributed by atoms with E-state index in [2.05, 4.69) is 10.6 Å². The van der Waals surface area contributed by atoms with Gasteiger partial charge < -0.3 is 15.7 Å². The van der Waals surface area contributed by atoms with E-state index in [1.165, 1.54) is 4.31 Å². The van der Waals surface area contributed by atoms with Crippen LogP contribution < -0.4 is 14.9 Å². The van der Waals surface area contributed by atoms with Crippen molar-refractivity contribution in [1.29, 1.82) is 0 Å². The molecule has 1 heterocycles. The van der Waals surface area contributed by atoms with Crippen LogP contribution in [0.5, 0.6) is 0 Å². The number of urea groups is 1. The molecule has 8 nitrogen and oxygen atoms in total. The summed E-state index contributed by atoms with van der Waals surface area (Å²) in [7, 11) is -3.23. The Morgan fingerprint density at radius 1 is 1.19 bits per heavy atom. The first-order valence-corrected chi connectivity index (χ1v) is 10.8. The van der Waals surface area contributed by atoms with Gasteiger partial charge in [0.05, 0.1) is 17.4 Å². The number of amides is 2. The van der Waals surface area contributed by atoms with Gasteiger partial charge in [0.1, 0.15) is 0 Å². The Labute approximate surface area is 159 Å². The molecule has 2 fully saturated rings. The van der Waals surface area contributed by atoms with Crippen LogP contribution in [-0.2, 0) is 21.4 Å². The SMILES string of the molecule is O=C(NCc1cccc(N2CCCS2(=O)=O)c1)NC1CCC(C(=O)O)CC1. The molecule has 1 aliphatic carbocycles. The van der Waals surface area contributed by atoms with E-state index >= 15 is 0 Å². The molecule has 3 rings (SSSR count). The summed E-state index contributed by atoms with van der Waals surface area (Å²) in [6.07, 6.45) is 3.09. The van der Waals surface area contributed by atoms with E-state index in [1.54, 1.807) is 18.2 Å². The van der Waals surface area contributed by atoms with E-state index in [9.17, 15) is 18.0 Å². The van der Waals surface area contributed by atoms with Gasteiger partial charge in [0.2, 0.25) is 10.0 Å². The maximum atomic E-state index is 12.1. The average Bonchev–Trinajstić information content (AvgIpc) is 3.00. The van der Waals surface area contributed by atoms with Gasteiger partial charge in [-0.1, -0.05) is 12.1 Å². The number of carbonyl (C=O) groups is 2. The summed E-state index contributed by atoms with van der Waals surface area (Å²) in [6.45, 7) is 0.775. The van der Waals surface area contributed by atoms with Crippen molar-refractivity contribution < 1.29 is 23.1 Å². The molecule has 0 spiro atoms. The van der Waals surface area contributed by atoms with E-state index in [0.717, 1.165) is 5.56 Å². The predicted octanol–water partition coefficient (Wildman–Crippen LogP) is 1.67. The van der Waals surface area contributed by atoms with Crippen LogP contribution in [0.25, 0.3) is 0 Å². The molecule has 9 heteroatoms. The first kappa shape index (κ1) is 19.5. The summed E-state index contributed by atoms with van der Waals surface area (Å²) >= 11 is 0. The minimum Gasteiger partial charge on any atom is -0.481 e. The van der Waals surface area contributed by atoms with E-state index in [-0.39, 0.29) is 30.3 Å². The highest BCUT2D eigenvalue weighted by Gasteiger charge is 2.28. The number of nitrogens with one attached hydrogen (secondary N) is 2. The monoisotopic (exact) mass is 395 g/mol. The lowest BCUT2D eigenvalue weighted by Gasteiger charge is -2.26. The number of carboxylic acids is 1. The number of carbonyl (C=O) groups excluding carboxylic acids is 1. The maximum Gasteiger partial charge on any atom is 0.315 e. The second kappa shape index (κ2) is 8.16. The van der Waals surface area contributed by atoms with Gasteiger partial charge in [-0.3, -0.25) is 9.10 Å². The molecule has 1 saturated carbocycles. The lowest BCUT2D eigenvalue weighted by molar-refractivity contribution is -0.142. The molecular formula is C18H25N3O5S. The third-order valence-electron chi connectivity index (χ3n) is 5.16. The number of rotatable bonds is 5. The molecule has 0 atom stereocenters. The quantitative estimate of drug-likeness (QED) is 0.701. The Balaban J connectivity index is 1.50. The van der Waals surface area contributed by atoms with Crippen LogP contribution in [-0.4, -0.2) is 43.9 Å². The normalized spacial score (nSPS) is 24.4. The second-order valence-corrected chi connectivity index (χ2v) is 9.14. The molecule has 1 aromatic rings. The first-order valence-electron chi connectivity index (χ1n) is 9.22. The molecule has 0 unspecified atom stereocenters. The van der Waals surface area contributed by atoms with Gasteiger partial charge in [0.15, 0.2) is 0 Å². The molecule has 2 aliphatic rings. The van der Waals surface area contributed by atoms with Crippen LogP contribution in [0, 0.1) is 5.92 Å². The van der Waals surface area contributed by atoms with Crippen molar-refractivity contribution in [2.75, 3.05) is 16.6 Å². The van der Waals surface area contributed by atoms with Crippen molar-refractivity contribution in [3.8, 4) is 0 Å². The zero-order valence-corrected chi connectivity index (χ0v) is 15.9. The molecule has 148 valence electrons. The van der Waals surface area contributed by atoms with Gasteiger partial charge in [-0.05, 0) is 49.8 Å². The summed E-state index contributed by atoms with van der Waals surface area (Å²) in [6, 6.07) is 6.85. The molecule has 0 aromatic heterocycles. The van der Waals surface area contributed by atoms with Crippen LogP contribution in [0.15, 0.2) is 24.3 Å². The summed E-state index contributed by atoms with van der Waals surface area (Å²) in [5.41, 5.74) is 1.44. The Kier molecular flexibility index (Phi) is 5.88. The molecule has 3 N–H and O–H groups in total. The Bertz CT molecular complexity index is 803. The summed E-state index contributed by atoms with van der Waals surface area (Å²) in [4.78, 5) is 23.1. The third kappa shape index (κ3) is 4.91. The zero-order chi connectivity index (χ0) is 19.4. The number of nitrogens with zero attached hydrogens (tertiary/aromatic N) is 1. The number of aliphatic carboxylic acids is 1. The van der Waals surface area contributed by atoms with Crippen LogP contribution in [0.3, 0.4) is 0 Å². The minimum atomic E-state index is -3.23. The highest BCUT2D eigenvalue weighted by atomic mass is 32.2. The van der Waals surface area contributed by atoms with Crippen LogP contribution in [0.1, 0.15) is 37.7 Å². The van der Waals surface area contributed by atoms with Crippen molar-refractivity contribution in [2.45, 2.75) is 44.7 Å². The summed E-state index contributed by atoms with van der Waals surface area (Å²) < 4.78 is 25.5. The molecule has 0 bridgehead atoms. The lowest BCUT2D eigenvalue weighted by Crippen LogP contribution is -2.43. The molecule has 1 aliphatic heterocycles. The minimum absolute atomic E-state index is 0.0123. The van der Waals surface area contributed by atoms with E-state index < -0.39 is 16.0 Å². The van der Waals surface area contributed by atoms with Crippen molar-refractivity contribution >= 4 is 27.7 Å². The number of hydrogen-bond acceptors (Lipinski definition) is 4. The number of benzene rings is 1. The lowest BCUT2D eigenvalue weighted by atomic mass is 9.86. The first-order chi connectivity index (χ1) is 12.8. The van der Waals surface area contributed by atoms with Crippen molar-refractivity contribution in [1.82, 2.24) is 10.6 Å². The highest BCUT2D eigenvalue weighted by Crippen LogP contribution is 2.25. The van der Waals surface area contributed by atoms with Gasteiger partial charge >= 0.3 is 12.0 Å². The van der Waals surface area contributed by atoms with Crippen LogP contribution >= 0.6 is 0 Å². The second-order valence-electron chi connectivity index (χ2n) is 7.13. The molecule has 1 saturated heterocycles. The Hall–Kier alpha value is -2.29. The van der Waals surface area contributed by atoms with Gasteiger partial charge in [-0.15, -0.1) is 0 Å². The van der Waals surface area contributed by atoms with E-state index in [1.807, 2.05) is 6.07 Å². The van der Waals surface area contributed by atoms with E-state index in [4.69, 9.17) is 5.11 Å². The van der Waals surface area contributed by atoms with Gasteiger partial charge in [0.25, 0.3) is 0 Å². The van der Waals surface area contributed by atoms with Crippen molar-refractivity contribution in [2.24, 2.45) is 5.92 Å². The van der Waals surface area contributed by atoms with Crippen LogP contribution in [0.4, 0.5) is 10.5 Å². The third-order valence-corrected chi connectivity index (χ3v) is 7.03. The van der Waals surface area contributed by atoms with Gasteiger partial charge in [-0.2, -0.15) is 0 Å². The molecule has 0 radical (unpaired) electrons. The largest absolute Gasteiger partial charge is 0.481 e. The fraction of sp³-hybridized carbons (Fsp3) is 0.556. The summed E-state index contributed by atoms with van der Waals surface area (Å²) in [5, 5.41) is 14.7. The standard InChI is InChI=1S/C18H25N3O5S/c22-17(23)14-5-7-15(8-6-14)20-18(24)19-12-13-3-1-4-16(11-13)21-9-2-10-27(21,25)26/h1,3-4,11,14-15H,2,5-10,12H2,(H,22,23)(H2,19,20,24). The fourth-order valence-electron chi connectivity index (χ4n) is 3.65. The van der Waals surface area contributed by atoms with E-state index in [0.29, 0.717) is 44.3 Å². The predicted molar refractivity (Wildman–Crippen MR) is 101 cm³/mol.